The molecule has 0 aromatic rings. The molecule has 0 aromatic heterocycles. The van der Waals surface area contributed by atoms with E-state index in [0.717, 1.165) is 6.08 Å². The van der Waals surface area contributed by atoms with Gasteiger partial charge in [-0.25, -0.2) is 0 Å². The molecule has 72 valence electrons. The van der Waals surface area contributed by atoms with Gasteiger partial charge in [-0.05, 0) is 6.08 Å². The third kappa shape index (κ3) is 1.73. The van der Waals surface area contributed by atoms with Crippen molar-refractivity contribution in [1.82, 2.24) is 0 Å². The van der Waals surface area contributed by atoms with Crippen molar-refractivity contribution in [2.45, 2.75) is 0 Å². The summed E-state index contributed by atoms with van der Waals surface area (Å²) in [6.07, 6.45) is 3.45. The van der Waals surface area contributed by atoms with E-state index in [2.05, 4.69) is 9.58 Å². The van der Waals surface area contributed by atoms with E-state index >= 15 is 0 Å². The van der Waals surface area contributed by atoms with E-state index in [-0.39, 0.29) is 5.71 Å². The molecule has 0 radical (unpaired) electrons. The second-order valence-corrected chi connectivity index (χ2v) is 3.69. The summed E-state index contributed by atoms with van der Waals surface area (Å²) in [5, 5.41) is 0. The van der Waals surface area contributed by atoms with Gasteiger partial charge in [0.05, 0.1) is 0 Å². The molecule has 0 spiro atoms. The van der Waals surface area contributed by atoms with E-state index in [9.17, 15) is 8.42 Å². The minimum Gasteiger partial charge on any atom is -0.360 e. The third-order valence-corrected chi connectivity index (χ3v) is 2.35. The van der Waals surface area contributed by atoms with Crippen molar-refractivity contribution in [1.29, 1.82) is 0 Å². The van der Waals surface area contributed by atoms with Crippen LogP contribution in [0, 0.1) is 0 Å². The van der Waals surface area contributed by atoms with Crippen LogP contribution in [0.5, 0.6) is 0 Å². The summed E-state index contributed by atoms with van der Waals surface area (Å²) < 4.78 is 30.2. The Labute approximate surface area is 79.0 Å². The molecule has 0 amide bonds. The van der Waals surface area contributed by atoms with Gasteiger partial charge in [-0.1, -0.05) is 6.08 Å². The maximum atomic E-state index is 10.7. The fourth-order valence-electron chi connectivity index (χ4n) is 0.900. The van der Waals surface area contributed by atoms with Crippen molar-refractivity contribution in [3.63, 3.8) is 0 Å². The first kappa shape index (κ1) is 10.2. The number of hydrogen-bond donors (Lipinski definition) is 1. The lowest BCUT2D eigenvalue weighted by Crippen LogP contribution is -2.24. The Hall–Kier alpha value is -1.85. The van der Waals surface area contributed by atoms with E-state index in [4.69, 9.17) is 15.6 Å². The van der Waals surface area contributed by atoms with Crippen LogP contribution < -0.4 is 0 Å². The lowest BCUT2D eigenvalue weighted by Gasteiger charge is -1.96. The van der Waals surface area contributed by atoms with Gasteiger partial charge in [0.25, 0.3) is 0 Å². The molecule has 0 saturated heterocycles. The Morgan fingerprint density at radius 1 is 1.29 bits per heavy atom. The van der Waals surface area contributed by atoms with E-state index in [0.29, 0.717) is 0 Å². The Bertz CT molecular complexity index is 529. The molecule has 0 atom stereocenters. The maximum absolute atomic E-state index is 10.7. The summed E-state index contributed by atoms with van der Waals surface area (Å²) in [5.41, 5.74) is 16.1. The Morgan fingerprint density at radius 2 is 1.93 bits per heavy atom. The second kappa shape index (κ2) is 3.49. The van der Waals surface area contributed by atoms with Crippen LogP contribution in [0.15, 0.2) is 23.1 Å². The first-order valence-corrected chi connectivity index (χ1v) is 4.75. The van der Waals surface area contributed by atoms with Crippen molar-refractivity contribution in [2.24, 2.45) is 0 Å². The van der Waals surface area contributed by atoms with Crippen molar-refractivity contribution in [3.8, 4) is 0 Å². The summed E-state index contributed by atoms with van der Waals surface area (Å²) in [5.74, 6) is 0. The molecule has 1 aliphatic rings. The lowest BCUT2D eigenvalue weighted by atomic mass is 10.1. The quantitative estimate of drug-likeness (QED) is 0.276. The molecule has 1 aliphatic carbocycles. The standard InChI is InChI=1S/C6H4N4O3S/c7-9-4-2-1-3-5(6(4)10-8)14(11,12)13/h1-3H,(H,11,12,13). The van der Waals surface area contributed by atoms with Crippen LogP contribution in [0.3, 0.4) is 0 Å². The van der Waals surface area contributed by atoms with Gasteiger partial charge in [0.2, 0.25) is 0 Å². The fraction of sp³-hybridized carbons (Fsp3) is 0. The first-order valence-electron chi connectivity index (χ1n) is 3.31. The minimum absolute atomic E-state index is 0.261. The summed E-state index contributed by atoms with van der Waals surface area (Å²) >= 11 is 0. The molecule has 0 fully saturated rings. The van der Waals surface area contributed by atoms with Crippen LogP contribution in [-0.4, -0.2) is 34.0 Å². The number of rotatable bonds is 1. The van der Waals surface area contributed by atoms with E-state index in [1.165, 1.54) is 12.2 Å². The van der Waals surface area contributed by atoms with Gasteiger partial charge in [0.1, 0.15) is 0 Å². The molecular weight excluding hydrogens is 208 g/mol. The van der Waals surface area contributed by atoms with Crippen LogP contribution in [0.4, 0.5) is 0 Å². The van der Waals surface area contributed by atoms with Crippen LogP contribution in [0.2, 0.25) is 0 Å². The highest BCUT2D eigenvalue weighted by atomic mass is 32.2. The first-order chi connectivity index (χ1) is 6.50. The second-order valence-electron chi connectivity index (χ2n) is 2.30. The van der Waals surface area contributed by atoms with Crippen LogP contribution in [0.1, 0.15) is 0 Å². The van der Waals surface area contributed by atoms with Gasteiger partial charge >= 0.3 is 21.5 Å². The molecule has 0 heterocycles. The van der Waals surface area contributed by atoms with E-state index in [1.807, 2.05) is 0 Å². The largest absolute Gasteiger partial charge is 0.424 e. The highest BCUT2D eigenvalue weighted by Crippen LogP contribution is 2.10. The van der Waals surface area contributed by atoms with Gasteiger partial charge in [-0.3, -0.25) is 4.55 Å². The van der Waals surface area contributed by atoms with Crippen LogP contribution in [-0.2, 0) is 10.1 Å². The molecule has 0 aliphatic heterocycles. The Balaban J connectivity index is 3.50. The van der Waals surface area contributed by atoms with Gasteiger partial charge < -0.3 is 11.1 Å². The minimum atomic E-state index is -4.50. The van der Waals surface area contributed by atoms with Crippen molar-refractivity contribution >= 4 is 21.5 Å². The zero-order chi connectivity index (χ0) is 10.8. The molecule has 1 rings (SSSR count). The summed E-state index contributed by atoms with van der Waals surface area (Å²) in [6, 6.07) is 0. The average molecular weight is 212 g/mol. The van der Waals surface area contributed by atoms with E-state index < -0.39 is 20.7 Å². The van der Waals surface area contributed by atoms with Crippen molar-refractivity contribution in [3.05, 3.63) is 34.2 Å². The molecule has 1 N–H and O–H groups in total. The summed E-state index contributed by atoms with van der Waals surface area (Å²) in [4.78, 5) is 4.67. The molecule has 8 heteroatoms. The van der Waals surface area contributed by atoms with Crippen LogP contribution >= 0.6 is 0 Å². The Morgan fingerprint density at radius 3 is 2.36 bits per heavy atom. The predicted molar refractivity (Wildman–Crippen MR) is 46.0 cm³/mol. The monoisotopic (exact) mass is 212 g/mol. The SMILES string of the molecule is [N-]=[N+]=C1C=CC=C(S(=O)(=O)O)C1=[N+]=[N-]. The average Bonchev–Trinajstić information content (AvgIpc) is 2.15. The van der Waals surface area contributed by atoms with Gasteiger partial charge in [0, 0.05) is 6.08 Å². The molecule has 0 aromatic carbocycles. The third-order valence-electron chi connectivity index (χ3n) is 1.46. The summed E-state index contributed by atoms with van der Waals surface area (Å²) in [6.45, 7) is 0. The van der Waals surface area contributed by atoms with E-state index in [1.54, 1.807) is 0 Å². The van der Waals surface area contributed by atoms with Crippen molar-refractivity contribution < 1.29 is 22.6 Å². The molecule has 0 bridgehead atoms. The predicted octanol–water partition coefficient (Wildman–Crippen LogP) is -0.331. The smallest absolute Gasteiger partial charge is 0.360 e. The number of hydrogen-bond acceptors (Lipinski definition) is 2. The van der Waals surface area contributed by atoms with Crippen LogP contribution in [0.25, 0.3) is 11.1 Å². The molecule has 14 heavy (non-hydrogen) atoms. The zero-order valence-corrected chi connectivity index (χ0v) is 7.51. The highest BCUT2D eigenvalue weighted by molar-refractivity contribution is 7.91. The fourth-order valence-corrected chi connectivity index (χ4v) is 1.54. The zero-order valence-electron chi connectivity index (χ0n) is 6.69. The normalized spacial score (nSPS) is 15.9. The molecule has 0 unspecified atom stereocenters. The highest BCUT2D eigenvalue weighted by Gasteiger charge is 2.37. The van der Waals surface area contributed by atoms with Gasteiger partial charge in [0.15, 0.2) is 4.91 Å². The van der Waals surface area contributed by atoms with Crippen molar-refractivity contribution in [2.75, 3.05) is 0 Å². The van der Waals surface area contributed by atoms with Gasteiger partial charge in [-0.15, -0.1) is 0 Å². The Kier molecular flexibility index (Phi) is 2.55. The van der Waals surface area contributed by atoms with Gasteiger partial charge in [-0.2, -0.15) is 18.0 Å². The number of allylic oxidation sites excluding steroid dienone is 4. The molecular formula is C6H4N4O3S. The number of nitrogens with zero attached hydrogens (tertiary/aromatic N) is 4. The summed E-state index contributed by atoms with van der Waals surface area (Å²) in [7, 11) is -4.50. The molecule has 0 saturated carbocycles. The lowest BCUT2D eigenvalue weighted by molar-refractivity contribution is -0.0221. The molecule has 7 nitrogen and oxygen atoms in total. The maximum Gasteiger partial charge on any atom is 0.424 e. The topological polar surface area (TPSA) is 127 Å².